The van der Waals surface area contributed by atoms with E-state index in [1.54, 1.807) is 0 Å². The summed E-state index contributed by atoms with van der Waals surface area (Å²) in [5.74, 6) is -0.816. The first kappa shape index (κ1) is 88.7. The molecule has 0 rings (SSSR count). The van der Waals surface area contributed by atoms with Gasteiger partial charge in [0.1, 0.15) is 19.8 Å². The molecular weight excluding hydrogens is 1150 g/mol. The van der Waals surface area contributed by atoms with Gasteiger partial charge in [0.15, 0.2) is 6.10 Å². The summed E-state index contributed by atoms with van der Waals surface area (Å²) in [6, 6.07) is 0. The van der Waals surface area contributed by atoms with Gasteiger partial charge >= 0.3 is 11.9 Å². The van der Waals surface area contributed by atoms with Crippen molar-refractivity contribution in [2.24, 2.45) is 0 Å². The number of carbonyl (C=O) groups excluding carboxylic acids is 2. The van der Waals surface area contributed by atoms with Crippen molar-refractivity contribution in [3.63, 3.8) is 0 Å². The normalized spacial score (nSPS) is 13.3. The van der Waals surface area contributed by atoms with Gasteiger partial charge in [0.25, 0.3) is 7.82 Å². The minimum Gasteiger partial charge on any atom is -0.756 e. The van der Waals surface area contributed by atoms with Crippen LogP contribution in [0.2, 0.25) is 0 Å². The molecule has 0 N–H and O–H groups in total. The zero-order valence-electron chi connectivity index (χ0n) is 61.1. The van der Waals surface area contributed by atoms with Crippen LogP contribution in [0.4, 0.5) is 0 Å². The minimum absolute atomic E-state index is 0.0303. The number of ether oxygens (including phenoxy) is 2. The zero-order valence-corrected chi connectivity index (χ0v) is 62.0. The lowest BCUT2D eigenvalue weighted by molar-refractivity contribution is -0.870. The summed E-state index contributed by atoms with van der Waals surface area (Å²) in [5.41, 5.74) is 0. The quantitative estimate of drug-likeness (QED) is 0.0195. The molecule has 0 bridgehead atoms. The molecule has 0 amide bonds. The number of quaternary nitrogens is 1. The lowest BCUT2D eigenvalue weighted by Crippen LogP contribution is -2.37. The number of carbonyl (C=O) groups is 2. The van der Waals surface area contributed by atoms with Crippen LogP contribution < -0.4 is 4.89 Å². The first-order chi connectivity index (χ1) is 44.5. The first-order valence-corrected chi connectivity index (χ1v) is 41.0. The van der Waals surface area contributed by atoms with Crippen molar-refractivity contribution in [2.45, 2.75) is 399 Å². The lowest BCUT2D eigenvalue weighted by atomic mass is 10.0. The Kier molecular flexibility index (Phi) is 70.2. The molecule has 0 aromatic rings. The van der Waals surface area contributed by atoms with Gasteiger partial charge in [0, 0.05) is 12.8 Å². The molecule has 0 spiro atoms. The van der Waals surface area contributed by atoms with Crippen molar-refractivity contribution in [1.29, 1.82) is 0 Å². The molecule has 0 heterocycles. The summed E-state index contributed by atoms with van der Waals surface area (Å²) in [5, 5.41) is 0. The van der Waals surface area contributed by atoms with E-state index in [1.807, 2.05) is 21.1 Å². The number of unbranched alkanes of at least 4 members (excludes halogenated alkanes) is 50. The molecule has 0 aliphatic heterocycles. The van der Waals surface area contributed by atoms with Crippen molar-refractivity contribution in [1.82, 2.24) is 0 Å². The summed E-state index contributed by atoms with van der Waals surface area (Å²) < 4.78 is 34.4. The third kappa shape index (κ3) is 76.6. The molecule has 10 heteroatoms. The van der Waals surface area contributed by atoms with Crippen molar-refractivity contribution in [3.05, 3.63) is 60.8 Å². The summed E-state index contributed by atoms with van der Waals surface area (Å²) >= 11 is 0. The Bertz CT molecular complexity index is 1720. The van der Waals surface area contributed by atoms with E-state index in [1.165, 1.54) is 289 Å². The summed E-state index contributed by atoms with van der Waals surface area (Å²) in [7, 11) is 1.18. The van der Waals surface area contributed by atoms with Crippen LogP contribution in [0.15, 0.2) is 60.8 Å². The van der Waals surface area contributed by atoms with Gasteiger partial charge in [-0.1, -0.05) is 383 Å². The molecule has 0 saturated heterocycles. The molecule has 0 radical (unpaired) electrons. The Morgan fingerprint density at radius 2 is 0.626 bits per heavy atom. The molecule has 0 saturated carbocycles. The fraction of sp³-hybridized carbons (Fsp3) is 0.852. The fourth-order valence-electron chi connectivity index (χ4n) is 11.8. The second-order valence-corrected chi connectivity index (χ2v) is 29.5. The van der Waals surface area contributed by atoms with E-state index in [0.29, 0.717) is 17.4 Å². The molecule has 534 valence electrons. The molecule has 9 nitrogen and oxygen atoms in total. The van der Waals surface area contributed by atoms with Crippen LogP contribution in [-0.2, 0) is 32.7 Å². The van der Waals surface area contributed by atoms with Crippen LogP contribution >= 0.6 is 7.82 Å². The van der Waals surface area contributed by atoms with Gasteiger partial charge in [0.05, 0.1) is 27.7 Å². The summed E-state index contributed by atoms with van der Waals surface area (Å²) in [6.45, 7) is 4.19. The SMILES string of the molecule is CC/C=C\C/C=C\C/C=C\C/C=C\C/C=C\CCCCCCCCCCCCCCCC(=O)OC(COC(=O)CCCCCCCCCCCCCCCCCCCCCCCCCCCCCCCCCCCCCCCC)COP(=O)([O-])OCC[N+](C)(C)C. The van der Waals surface area contributed by atoms with E-state index in [4.69, 9.17) is 18.5 Å². The van der Waals surface area contributed by atoms with E-state index >= 15 is 0 Å². The fourth-order valence-corrected chi connectivity index (χ4v) is 12.5. The molecule has 0 aromatic heterocycles. The molecule has 2 atom stereocenters. The Morgan fingerprint density at radius 1 is 0.352 bits per heavy atom. The molecule has 2 unspecified atom stereocenters. The van der Waals surface area contributed by atoms with Gasteiger partial charge in [-0.25, -0.2) is 0 Å². The second-order valence-electron chi connectivity index (χ2n) is 28.1. The van der Waals surface area contributed by atoms with Crippen molar-refractivity contribution >= 4 is 19.8 Å². The number of rotatable bonds is 74. The standard InChI is InChI=1S/C81H152NO8P/c1-6-8-10-12-14-16-18-20-22-24-26-28-30-32-34-36-37-38-39-40-41-42-43-44-46-47-49-51-53-55-57-59-61-63-65-67-69-71-73-80(83)87-77-79(78-89-91(85,86)88-76-75-82(3,4)5)90-81(84)74-72-70-68-66-64-62-60-58-56-54-52-50-48-45-35-33-31-29-27-25-23-21-19-17-15-13-11-9-7-2/h9,11,15,17,21,23,27,29,33,35,79H,6-8,10,12-14,16,18-20,22,24-26,28,30-32,34,36-78H2,1-5H3/b11-9-,17-15-,23-21-,29-27-,35-33-. The van der Waals surface area contributed by atoms with Crippen LogP contribution in [0.3, 0.4) is 0 Å². The Balaban J connectivity index is 3.91. The maximum atomic E-state index is 12.9. The zero-order chi connectivity index (χ0) is 66.2. The maximum absolute atomic E-state index is 12.9. The van der Waals surface area contributed by atoms with Crippen molar-refractivity contribution < 1.29 is 42.1 Å². The monoisotopic (exact) mass is 1300 g/mol. The van der Waals surface area contributed by atoms with E-state index < -0.39 is 26.5 Å². The average Bonchev–Trinajstić information content (AvgIpc) is 3.74. The largest absolute Gasteiger partial charge is 0.756 e. The highest BCUT2D eigenvalue weighted by Crippen LogP contribution is 2.38. The maximum Gasteiger partial charge on any atom is 0.306 e. The predicted octanol–water partition coefficient (Wildman–Crippen LogP) is 25.5. The van der Waals surface area contributed by atoms with Gasteiger partial charge in [0.2, 0.25) is 0 Å². The van der Waals surface area contributed by atoms with E-state index in [2.05, 4.69) is 74.6 Å². The van der Waals surface area contributed by atoms with Crippen LogP contribution in [0, 0.1) is 0 Å². The van der Waals surface area contributed by atoms with Gasteiger partial charge in [-0.15, -0.1) is 0 Å². The van der Waals surface area contributed by atoms with Gasteiger partial charge < -0.3 is 27.9 Å². The smallest absolute Gasteiger partial charge is 0.306 e. The number of esters is 2. The molecule has 0 aromatic carbocycles. The lowest BCUT2D eigenvalue weighted by Gasteiger charge is -2.28. The van der Waals surface area contributed by atoms with Crippen LogP contribution in [0.5, 0.6) is 0 Å². The van der Waals surface area contributed by atoms with Gasteiger partial charge in [-0.3, -0.25) is 14.2 Å². The van der Waals surface area contributed by atoms with Crippen molar-refractivity contribution in [2.75, 3.05) is 47.5 Å². The second kappa shape index (κ2) is 72.0. The Morgan fingerprint density at radius 3 is 0.934 bits per heavy atom. The summed E-state index contributed by atoms with van der Waals surface area (Å²) in [6.07, 6.45) is 96.4. The first-order valence-electron chi connectivity index (χ1n) is 39.5. The highest BCUT2D eigenvalue weighted by atomic mass is 31.2. The number of likely N-dealkylation sites (N-methyl/N-ethyl adjacent to an activating group) is 1. The third-order valence-corrected chi connectivity index (χ3v) is 18.8. The topological polar surface area (TPSA) is 111 Å². The number of hydrogen-bond acceptors (Lipinski definition) is 8. The number of allylic oxidation sites excluding steroid dienone is 10. The summed E-state index contributed by atoms with van der Waals surface area (Å²) in [4.78, 5) is 38.2. The number of phosphoric acid groups is 1. The van der Waals surface area contributed by atoms with Crippen LogP contribution in [0.1, 0.15) is 393 Å². The molecule has 0 aliphatic rings. The van der Waals surface area contributed by atoms with Gasteiger partial charge in [-0.2, -0.15) is 0 Å². The molecule has 0 fully saturated rings. The van der Waals surface area contributed by atoms with Crippen molar-refractivity contribution in [3.8, 4) is 0 Å². The molecular formula is C81H152NO8P. The number of nitrogens with zero attached hydrogens (tertiary/aromatic N) is 1. The minimum atomic E-state index is -4.65. The van der Waals surface area contributed by atoms with Crippen LogP contribution in [0.25, 0.3) is 0 Å². The predicted molar refractivity (Wildman–Crippen MR) is 393 cm³/mol. The Labute approximate surface area is 566 Å². The third-order valence-electron chi connectivity index (χ3n) is 17.8. The highest BCUT2D eigenvalue weighted by molar-refractivity contribution is 7.45. The molecule has 0 aliphatic carbocycles. The van der Waals surface area contributed by atoms with E-state index in [-0.39, 0.29) is 32.0 Å². The average molecular weight is 1300 g/mol. The number of phosphoric ester groups is 1. The van der Waals surface area contributed by atoms with Gasteiger partial charge in [-0.05, 0) is 57.8 Å². The number of hydrogen-bond donors (Lipinski definition) is 0. The highest BCUT2D eigenvalue weighted by Gasteiger charge is 2.22. The van der Waals surface area contributed by atoms with Crippen LogP contribution in [-0.4, -0.2) is 70.0 Å². The van der Waals surface area contributed by atoms with E-state index in [0.717, 1.165) is 70.6 Å². The Hall–Kier alpha value is -2.29. The van der Waals surface area contributed by atoms with E-state index in [9.17, 15) is 19.0 Å². The molecule has 91 heavy (non-hydrogen) atoms.